The summed E-state index contributed by atoms with van der Waals surface area (Å²) in [7, 11) is 1.64. The number of rotatable bonds is 3. The molecule has 1 atom stereocenters. The fourth-order valence-corrected chi connectivity index (χ4v) is 1.79. The van der Waals surface area contributed by atoms with Gasteiger partial charge in [-0.15, -0.1) is 0 Å². The van der Waals surface area contributed by atoms with Crippen molar-refractivity contribution in [3.8, 4) is 17.0 Å². The lowest BCUT2D eigenvalue weighted by Crippen LogP contribution is -2.04. The van der Waals surface area contributed by atoms with Gasteiger partial charge in [-0.2, -0.15) is 0 Å². The van der Waals surface area contributed by atoms with Crippen molar-refractivity contribution in [3.63, 3.8) is 0 Å². The molecule has 0 aliphatic rings. The van der Waals surface area contributed by atoms with Crippen LogP contribution in [-0.4, -0.2) is 12.3 Å². The molecule has 2 aromatic rings. The summed E-state index contributed by atoms with van der Waals surface area (Å²) in [6.07, 6.45) is 0. The summed E-state index contributed by atoms with van der Waals surface area (Å²) in [5, 5.41) is 4.07. The Hall–Kier alpha value is -1.81. The van der Waals surface area contributed by atoms with Crippen molar-refractivity contribution >= 4 is 0 Å². The molecule has 0 spiro atoms. The maximum absolute atomic E-state index is 5.80. The quantitative estimate of drug-likeness (QED) is 0.883. The second kappa shape index (κ2) is 4.59. The molecule has 1 unspecified atom stereocenters. The van der Waals surface area contributed by atoms with E-state index in [0.717, 1.165) is 28.3 Å². The monoisotopic (exact) mass is 232 g/mol. The Kier molecular flexibility index (Phi) is 3.15. The van der Waals surface area contributed by atoms with Crippen LogP contribution in [0.3, 0.4) is 0 Å². The molecule has 0 saturated carbocycles. The minimum Gasteiger partial charge on any atom is -0.497 e. The van der Waals surface area contributed by atoms with Crippen LogP contribution >= 0.6 is 0 Å². The zero-order valence-corrected chi connectivity index (χ0v) is 10.2. The molecule has 4 nitrogen and oxygen atoms in total. The Labute approximate surface area is 100 Å². The maximum Gasteiger partial charge on any atom is 0.156 e. The van der Waals surface area contributed by atoms with E-state index in [1.54, 1.807) is 7.11 Å². The summed E-state index contributed by atoms with van der Waals surface area (Å²) >= 11 is 0. The third-order valence-electron chi connectivity index (χ3n) is 2.74. The van der Waals surface area contributed by atoms with Gasteiger partial charge in [-0.05, 0) is 38.1 Å². The number of ether oxygens (including phenoxy) is 1. The first-order valence-corrected chi connectivity index (χ1v) is 5.49. The molecule has 90 valence electrons. The second-order valence-corrected chi connectivity index (χ2v) is 4.04. The fraction of sp³-hybridized carbons (Fsp3) is 0.308. The van der Waals surface area contributed by atoms with E-state index in [0.29, 0.717) is 0 Å². The molecule has 0 amide bonds. The third-order valence-corrected chi connectivity index (χ3v) is 2.74. The van der Waals surface area contributed by atoms with Crippen LogP contribution in [0.15, 0.2) is 28.8 Å². The predicted octanol–water partition coefficient (Wildman–Crippen LogP) is 2.68. The van der Waals surface area contributed by atoms with Crippen molar-refractivity contribution < 1.29 is 9.26 Å². The molecule has 17 heavy (non-hydrogen) atoms. The highest BCUT2D eigenvalue weighted by molar-refractivity contribution is 5.64. The topological polar surface area (TPSA) is 61.3 Å². The van der Waals surface area contributed by atoms with Crippen molar-refractivity contribution in [1.82, 2.24) is 5.16 Å². The van der Waals surface area contributed by atoms with Crippen molar-refractivity contribution in [2.24, 2.45) is 5.73 Å². The largest absolute Gasteiger partial charge is 0.497 e. The Morgan fingerprint density at radius 2 is 1.94 bits per heavy atom. The number of hydrogen-bond donors (Lipinski definition) is 1. The molecular weight excluding hydrogens is 216 g/mol. The SMILES string of the molecule is COc1ccc(-c2noc(C(C)N)c2C)cc1. The van der Waals surface area contributed by atoms with Crippen molar-refractivity contribution in [1.29, 1.82) is 0 Å². The van der Waals surface area contributed by atoms with Gasteiger partial charge in [0.1, 0.15) is 11.4 Å². The molecule has 0 bridgehead atoms. The number of methoxy groups -OCH3 is 1. The molecule has 0 aliphatic carbocycles. The first kappa shape index (κ1) is 11.7. The van der Waals surface area contributed by atoms with Crippen LogP contribution < -0.4 is 10.5 Å². The molecule has 1 heterocycles. The van der Waals surface area contributed by atoms with Gasteiger partial charge in [-0.25, -0.2) is 0 Å². The number of aromatic nitrogens is 1. The van der Waals surface area contributed by atoms with Gasteiger partial charge in [0.05, 0.1) is 13.2 Å². The summed E-state index contributed by atoms with van der Waals surface area (Å²) in [5.74, 6) is 1.55. The fourth-order valence-electron chi connectivity index (χ4n) is 1.79. The molecule has 0 radical (unpaired) electrons. The highest BCUT2D eigenvalue weighted by Gasteiger charge is 2.16. The van der Waals surface area contributed by atoms with Gasteiger partial charge >= 0.3 is 0 Å². The van der Waals surface area contributed by atoms with Crippen LogP contribution in [0.4, 0.5) is 0 Å². The highest BCUT2D eigenvalue weighted by Crippen LogP contribution is 2.28. The van der Waals surface area contributed by atoms with Gasteiger partial charge in [0, 0.05) is 11.1 Å². The highest BCUT2D eigenvalue weighted by atomic mass is 16.5. The molecule has 1 aromatic carbocycles. The van der Waals surface area contributed by atoms with E-state index in [2.05, 4.69) is 5.16 Å². The molecule has 1 aromatic heterocycles. The minimum absolute atomic E-state index is 0.144. The smallest absolute Gasteiger partial charge is 0.156 e. The Bertz CT molecular complexity index is 501. The van der Waals surface area contributed by atoms with E-state index in [9.17, 15) is 0 Å². The summed E-state index contributed by atoms with van der Waals surface area (Å²) in [6, 6.07) is 7.56. The Balaban J connectivity index is 2.39. The van der Waals surface area contributed by atoms with Crippen molar-refractivity contribution in [2.75, 3.05) is 7.11 Å². The molecule has 0 saturated heterocycles. The average Bonchev–Trinajstić information content (AvgIpc) is 2.71. The van der Waals surface area contributed by atoms with E-state index in [4.69, 9.17) is 15.0 Å². The first-order chi connectivity index (χ1) is 8.13. The normalized spacial score (nSPS) is 12.5. The zero-order chi connectivity index (χ0) is 12.4. The lowest BCUT2D eigenvalue weighted by atomic mass is 10.1. The van der Waals surface area contributed by atoms with Crippen molar-refractivity contribution in [3.05, 3.63) is 35.6 Å². The van der Waals surface area contributed by atoms with E-state index < -0.39 is 0 Å². The van der Waals surface area contributed by atoms with Crippen LogP contribution in [0, 0.1) is 6.92 Å². The number of nitrogens with two attached hydrogens (primary N) is 1. The van der Waals surface area contributed by atoms with Crippen molar-refractivity contribution in [2.45, 2.75) is 19.9 Å². The molecular formula is C13H16N2O2. The van der Waals surface area contributed by atoms with Crippen LogP contribution in [0.1, 0.15) is 24.3 Å². The van der Waals surface area contributed by atoms with Gasteiger partial charge < -0.3 is 15.0 Å². The summed E-state index contributed by atoms with van der Waals surface area (Å²) in [6.45, 7) is 3.85. The number of benzene rings is 1. The molecule has 0 aliphatic heterocycles. The Morgan fingerprint density at radius 3 is 2.41 bits per heavy atom. The van der Waals surface area contributed by atoms with Gasteiger partial charge in [0.25, 0.3) is 0 Å². The standard InChI is InChI=1S/C13H16N2O2/c1-8-12(15-17-13(8)9(2)14)10-4-6-11(16-3)7-5-10/h4-7,9H,14H2,1-3H3. The van der Waals surface area contributed by atoms with E-state index in [-0.39, 0.29) is 6.04 Å². The Morgan fingerprint density at radius 1 is 1.29 bits per heavy atom. The summed E-state index contributed by atoms with van der Waals surface area (Å²) < 4.78 is 10.4. The zero-order valence-electron chi connectivity index (χ0n) is 10.2. The molecule has 4 heteroatoms. The van der Waals surface area contributed by atoms with Crippen LogP contribution in [0.2, 0.25) is 0 Å². The molecule has 2 N–H and O–H groups in total. The second-order valence-electron chi connectivity index (χ2n) is 4.04. The van der Waals surface area contributed by atoms with Gasteiger partial charge in [-0.1, -0.05) is 5.16 Å². The maximum atomic E-state index is 5.80. The first-order valence-electron chi connectivity index (χ1n) is 5.49. The van der Waals surface area contributed by atoms with E-state index in [1.807, 2.05) is 38.1 Å². The van der Waals surface area contributed by atoms with Gasteiger partial charge in [-0.3, -0.25) is 0 Å². The predicted molar refractivity (Wildman–Crippen MR) is 65.8 cm³/mol. The lowest BCUT2D eigenvalue weighted by Gasteiger charge is -2.02. The lowest BCUT2D eigenvalue weighted by molar-refractivity contribution is 0.368. The summed E-state index contributed by atoms with van der Waals surface area (Å²) in [4.78, 5) is 0. The van der Waals surface area contributed by atoms with Crippen LogP contribution in [0.25, 0.3) is 11.3 Å². The third kappa shape index (κ3) is 2.17. The van der Waals surface area contributed by atoms with E-state index in [1.165, 1.54) is 0 Å². The number of nitrogens with zero attached hydrogens (tertiary/aromatic N) is 1. The van der Waals surface area contributed by atoms with Crippen LogP contribution in [-0.2, 0) is 0 Å². The summed E-state index contributed by atoms with van der Waals surface area (Å²) in [5.41, 5.74) is 8.62. The number of hydrogen-bond acceptors (Lipinski definition) is 4. The molecule has 2 rings (SSSR count). The van der Waals surface area contributed by atoms with Gasteiger partial charge in [0.2, 0.25) is 0 Å². The van der Waals surface area contributed by atoms with Crippen LogP contribution in [0.5, 0.6) is 5.75 Å². The van der Waals surface area contributed by atoms with E-state index >= 15 is 0 Å². The average molecular weight is 232 g/mol. The molecule has 0 fully saturated rings. The van der Waals surface area contributed by atoms with Gasteiger partial charge in [0.15, 0.2) is 5.76 Å². The minimum atomic E-state index is -0.144.